The number of hydrogen-bond donors (Lipinski definition) is 0. The second-order valence-corrected chi connectivity index (χ2v) is 7.63. The molecule has 1 heterocycles. The summed E-state index contributed by atoms with van der Waals surface area (Å²) in [5.41, 5.74) is 1.63. The highest BCUT2D eigenvalue weighted by atomic mass is 79.9. The van der Waals surface area contributed by atoms with Crippen LogP contribution >= 0.6 is 15.9 Å². The molecule has 0 bridgehead atoms. The number of carbonyl (C=O) groups excluding carboxylic acids is 1. The molecule has 3 rings (SSSR count). The van der Waals surface area contributed by atoms with Crippen LogP contribution in [0.5, 0.6) is 0 Å². The first-order valence-corrected chi connectivity index (χ1v) is 9.00. The molecule has 0 aliphatic carbocycles. The standard InChI is InChI=1S/C17H12BrNO3S/c18-15-10-17(14-6-4-5-13(9-14)12-20)19(11-15)23(21,22)16-7-2-1-3-8-16/h1-12H. The quantitative estimate of drug-likeness (QED) is 0.634. The van der Waals surface area contributed by atoms with E-state index in [1.807, 2.05) is 0 Å². The Morgan fingerprint density at radius 2 is 1.70 bits per heavy atom. The number of aldehydes is 1. The fourth-order valence-electron chi connectivity index (χ4n) is 2.30. The normalized spacial score (nSPS) is 11.3. The number of rotatable bonds is 4. The molecule has 0 saturated heterocycles. The lowest BCUT2D eigenvalue weighted by Crippen LogP contribution is -2.13. The Balaban J connectivity index is 2.20. The van der Waals surface area contributed by atoms with Crippen molar-refractivity contribution in [3.63, 3.8) is 0 Å². The predicted molar refractivity (Wildman–Crippen MR) is 92.0 cm³/mol. The molecule has 23 heavy (non-hydrogen) atoms. The smallest absolute Gasteiger partial charge is 0.268 e. The highest BCUT2D eigenvalue weighted by Gasteiger charge is 2.21. The van der Waals surface area contributed by atoms with Crippen molar-refractivity contribution in [2.75, 3.05) is 0 Å². The maximum absolute atomic E-state index is 12.9. The van der Waals surface area contributed by atoms with Gasteiger partial charge in [-0.15, -0.1) is 0 Å². The Kier molecular flexibility index (Phi) is 4.19. The van der Waals surface area contributed by atoms with Crippen LogP contribution in [0, 0.1) is 0 Å². The Bertz CT molecular complexity index is 963. The molecule has 4 nitrogen and oxygen atoms in total. The summed E-state index contributed by atoms with van der Waals surface area (Å²) in [5.74, 6) is 0. The molecular formula is C17H12BrNO3S. The lowest BCUT2D eigenvalue weighted by atomic mass is 10.1. The van der Waals surface area contributed by atoms with E-state index in [1.165, 1.54) is 10.2 Å². The maximum Gasteiger partial charge on any atom is 0.268 e. The zero-order chi connectivity index (χ0) is 16.4. The van der Waals surface area contributed by atoms with Crippen molar-refractivity contribution in [2.45, 2.75) is 4.90 Å². The highest BCUT2D eigenvalue weighted by molar-refractivity contribution is 9.10. The van der Waals surface area contributed by atoms with Gasteiger partial charge in [0.05, 0.1) is 10.6 Å². The van der Waals surface area contributed by atoms with E-state index in [1.54, 1.807) is 60.7 Å². The van der Waals surface area contributed by atoms with Gasteiger partial charge in [-0.25, -0.2) is 12.4 Å². The summed E-state index contributed by atoms with van der Waals surface area (Å²) < 4.78 is 27.6. The Morgan fingerprint density at radius 1 is 0.957 bits per heavy atom. The van der Waals surface area contributed by atoms with E-state index in [0.29, 0.717) is 21.3 Å². The van der Waals surface area contributed by atoms with Gasteiger partial charge >= 0.3 is 0 Å². The van der Waals surface area contributed by atoms with Gasteiger partial charge in [0.2, 0.25) is 0 Å². The minimum Gasteiger partial charge on any atom is -0.298 e. The van der Waals surface area contributed by atoms with E-state index >= 15 is 0 Å². The third-order valence-corrected chi connectivity index (χ3v) is 5.49. The number of benzene rings is 2. The van der Waals surface area contributed by atoms with Gasteiger partial charge in [-0.3, -0.25) is 4.79 Å². The SMILES string of the molecule is O=Cc1cccc(-c2cc(Br)cn2S(=O)(=O)c2ccccc2)c1. The molecule has 2 aromatic carbocycles. The summed E-state index contributed by atoms with van der Waals surface area (Å²) in [5, 5.41) is 0. The Hall–Kier alpha value is -2.18. The molecule has 6 heteroatoms. The number of halogens is 1. The molecule has 0 N–H and O–H groups in total. The Labute approximate surface area is 142 Å². The van der Waals surface area contributed by atoms with E-state index < -0.39 is 10.0 Å². The predicted octanol–water partition coefficient (Wildman–Crippen LogP) is 3.97. The van der Waals surface area contributed by atoms with Gasteiger partial charge < -0.3 is 0 Å². The summed E-state index contributed by atoms with van der Waals surface area (Å²) in [4.78, 5) is 11.2. The number of aromatic nitrogens is 1. The zero-order valence-corrected chi connectivity index (χ0v) is 14.3. The number of nitrogens with zero attached hydrogens (tertiary/aromatic N) is 1. The fraction of sp³-hybridized carbons (Fsp3) is 0. The molecule has 0 aliphatic rings. The van der Waals surface area contributed by atoms with Crippen molar-refractivity contribution < 1.29 is 13.2 Å². The molecule has 0 atom stereocenters. The van der Waals surface area contributed by atoms with Crippen LogP contribution in [0.25, 0.3) is 11.3 Å². The van der Waals surface area contributed by atoms with Gasteiger partial charge in [0, 0.05) is 16.2 Å². The van der Waals surface area contributed by atoms with E-state index in [9.17, 15) is 13.2 Å². The second kappa shape index (κ2) is 6.14. The molecule has 0 amide bonds. The van der Waals surface area contributed by atoms with Crippen molar-refractivity contribution in [3.8, 4) is 11.3 Å². The van der Waals surface area contributed by atoms with Crippen molar-refractivity contribution in [1.29, 1.82) is 0 Å². The van der Waals surface area contributed by atoms with Gasteiger partial charge in [0.15, 0.2) is 0 Å². The largest absolute Gasteiger partial charge is 0.298 e. The molecular weight excluding hydrogens is 378 g/mol. The van der Waals surface area contributed by atoms with Gasteiger partial charge in [0.1, 0.15) is 6.29 Å². The third-order valence-electron chi connectivity index (χ3n) is 3.37. The lowest BCUT2D eigenvalue weighted by Gasteiger charge is -2.11. The fourth-order valence-corrected chi connectivity index (χ4v) is 4.25. The molecule has 116 valence electrons. The molecule has 3 aromatic rings. The van der Waals surface area contributed by atoms with Crippen LogP contribution in [0.15, 0.2) is 76.2 Å². The molecule has 0 aliphatic heterocycles. The van der Waals surface area contributed by atoms with Crippen LogP contribution in [0.3, 0.4) is 0 Å². The first-order valence-electron chi connectivity index (χ1n) is 6.76. The van der Waals surface area contributed by atoms with E-state index in [4.69, 9.17) is 0 Å². The second-order valence-electron chi connectivity index (χ2n) is 4.90. The summed E-state index contributed by atoms with van der Waals surface area (Å²) in [6.07, 6.45) is 2.24. The van der Waals surface area contributed by atoms with Crippen molar-refractivity contribution in [3.05, 3.63) is 76.9 Å². The van der Waals surface area contributed by atoms with Gasteiger partial charge in [-0.2, -0.15) is 0 Å². The molecule has 0 unspecified atom stereocenters. The minimum atomic E-state index is -3.72. The van der Waals surface area contributed by atoms with E-state index in [0.717, 1.165) is 6.29 Å². The molecule has 0 spiro atoms. The van der Waals surface area contributed by atoms with E-state index in [-0.39, 0.29) is 4.90 Å². The van der Waals surface area contributed by atoms with Crippen LogP contribution in [-0.2, 0) is 10.0 Å². The first kappa shape index (κ1) is 15.7. The summed E-state index contributed by atoms with van der Waals surface area (Å²) >= 11 is 3.33. The van der Waals surface area contributed by atoms with Crippen LogP contribution in [0.1, 0.15) is 10.4 Å². The van der Waals surface area contributed by atoms with Crippen LogP contribution in [0.2, 0.25) is 0 Å². The monoisotopic (exact) mass is 389 g/mol. The summed E-state index contributed by atoms with van der Waals surface area (Å²) in [6.45, 7) is 0. The van der Waals surface area contributed by atoms with Gasteiger partial charge in [-0.1, -0.05) is 36.4 Å². The van der Waals surface area contributed by atoms with Crippen molar-refractivity contribution in [1.82, 2.24) is 3.97 Å². The lowest BCUT2D eigenvalue weighted by molar-refractivity contribution is 0.112. The van der Waals surface area contributed by atoms with Crippen molar-refractivity contribution in [2.24, 2.45) is 0 Å². The maximum atomic E-state index is 12.9. The summed E-state index contributed by atoms with van der Waals surface area (Å²) in [7, 11) is -3.72. The average Bonchev–Trinajstić information content (AvgIpc) is 2.98. The van der Waals surface area contributed by atoms with Gasteiger partial charge in [0.25, 0.3) is 10.0 Å². The summed E-state index contributed by atoms with van der Waals surface area (Å²) in [6, 6.07) is 16.8. The van der Waals surface area contributed by atoms with Crippen LogP contribution < -0.4 is 0 Å². The first-order chi connectivity index (χ1) is 11.0. The Morgan fingerprint density at radius 3 is 2.39 bits per heavy atom. The minimum absolute atomic E-state index is 0.205. The van der Waals surface area contributed by atoms with E-state index in [2.05, 4.69) is 15.9 Å². The topological polar surface area (TPSA) is 56.1 Å². The molecule has 0 saturated carbocycles. The number of carbonyl (C=O) groups is 1. The molecule has 0 fully saturated rings. The number of hydrogen-bond acceptors (Lipinski definition) is 3. The highest BCUT2D eigenvalue weighted by Crippen LogP contribution is 2.29. The van der Waals surface area contributed by atoms with Crippen LogP contribution in [-0.4, -0.2) is 18.7 Å². The van der Waals surface area contributed by atoms with Crippen LogP contribution in [0.4, 0.5) is 0 Å². The molecule has 0 radical (unpaired) electrons. The van der Waals surface area contributed by atoms with Crippen molar-refractivity contribution >= 4 is 32.2 Å². The molecule has 1 aromatic heterocycles. The van der Waals surface area contributed by atoms with Gasteiger partial charge in [-0.05, 0) is 45.8 Å². The zero-order valence-electron chi connectivity index (χ0n) is 11.9. The average molecular weight is 390 g/mol. The third kappa shape index (κ3) is 3.00.